The number of nitrogens with zero attached hydrogens (tertiary/aromatic N) is 6. The molecule has 0 saturated heterocycles. The van der Waals surface area contributed by atoms with Gasteiger partial charge < -0.3 is 10.2 Å². The monoisotopic (exact) mass is 570 g/mol. The summed E-state index contributed by atoms with van der Waals surface area (Å²) in [6.45, 7) is 3.69. The Hall–Kier alpha value is -4.10. The molecule has 0 aliphatic heterocycles. The number of sulfonamides is 1. The Morgan fingerprint density at radius 3 is 2.41 bits per heavy atom. The lowest BCUT2D eigenvalue weighted by molar-refractivity contribution is 0.0977. The summed E-state index contributed by atoms with van der Waals surface area (Å²) in [6.07, 6.45) is 4.09. The second-order valence-corrected chi connectivity index (χ2v) is 11.5. The lowest BCUT2D eigenvalue weighted by atomic mass is 10.0. The van der Waals surface area contributed by atoms with Crippen LogP contribution in [0.25, 0.3) is 22.3 Å². The fourth-order valence-corrected chi connectivity index (χ4v) is 4.64. The molecule has 3 heterocycles. The van der Waals surface area contributed by atoms with Crippen molar-refractivity contribution in [2.75, 3.05) is 30.6 Å². The molecule has 14 heteroatoms. The van der Waals surface area contributed by atoms with Gasteiger partial charge in [0.25, 0.3) is 11.5 Å². The lowest BCUT2D eigenvalue weighted by Crippen LogP contribution is -2.31. The van der Waals surface area contributed by atoms with Gasteiger partial charge >= 0.3 is 0 Å². The van der Waals surface area contributed by atoms with Gasteiger partial charge in [-0.3, -0.25) is 14.2 Å². The third-order valence-corrected chi connectivity index (χ3v) is 6.61. The van der Waals surface area contributed by atoms with Crippen LogP contribution in [0.5, 0.6) is 0 Å². The first kappa shape index (κ1) is 27.9. The number of carbonyl (C=O) groups excluding carboxylic acids is 1. The molecule has 0 bridgehead atoms. The van der Waals surface area contributed by atoms with Crippen molar-refractivity contribution in [3.05, 3.63) is 69.0 Å². The van der Waals surface area contributed by atoms with Crippen LogP contribution in [0.2, 0.25) is 5.15 Å². The van der Waals surface area contributed by atoms with Crippen LogP contribution in [-0.2, 0) is 17.1 Å². The molecule has 12 nitrogen and oxygen atoms in total. The van der Waals surface area contributed by atoms with Crippen LogP contribution in [-0.4, -0.2) is 59.2 Å². The zero-order chi connectivity index (χ0) is 28.6. The van der Waals surface area contributed by atoms with Crippen molar-refractivity contribution in [2.45, 2.75) is 19.9 Å². The number of fused-ring (bicyclic) bond motifs is 1. The average molecular weight is 571 g/mol. The topological polar surface area (TPSA) is 152 Å². The predicted molar refractivity (Wildman–Crippen MR) is 151 cm³/mol. The van der Waals surface area contributed by atoms with Gasteiger partial charge in [0.1, 0.15) is 11.0 Å². The fraction of sp³-hybridized carbons (Fsp3) is 0.280. The molecule has 39 heavy (non-hydrogen) atoms. The first-order valence-electron chi connectivity index (χ1n) is 11.7. The van der Waals surface area contributed by atoms with Crippen molar-refractivity contribution < 1.29 is 13.2 Å². The number of aryl methyl sites for hydroxylation is 1. The zero-order valence-corrected chi connectivity index (χ0v) is 23.7. The Kier molecular flexibility index (Phi) is 7.57. The number of hydrogen-bond donors (Lipinski definition) is 2. The number of anilines is 2. The van der Waals surface area contributed by atoms with E-state index in [9.17, 15) is 18.0 Å². The van der Waals surface area contributed by atoms with E-state index in [1.165, 1.54) is 16.7 Å². The average Bonchev–Trinajstić information content (AvgIpc) is 2.86. The molecule has 0 saturated carbocycles. The molecular formula is C25H27ClN8O4S. The summed E-state index contributed by atoms with van der Waals surface area (Å²) in [5.41, 5.74) is 2.35. The number of benzene rings is 1. The van der Waals surface area contributed by atoms with Crippen LogP contribution < -0.4 is 20.5 Å². The van der Waals surface area contributed by atoms with Crippen LogP contribution in [0.3, 0.4) is 0 Å². The maximum atomic E-state index is 13.4. The smallest absolute Gasteiger partial charge is 0.285 e. The van der Waals surface area contributed by atoms with Crippen LogP contribution in [0.1, 0.15) is 34.6 Å². The molecule has 0 aliphatic rings. The molecule has 4 aromatic rings. The Labute approximate surface area is 230 Å². The van der Waals surface area contributed by atoms with E-state index in [-0.39, 0.29) is 22.1 Å². The van der Waals surface area contributed by atoms with E-state index in [4.69, 9.17) is 16.6 Å². The van der Waals surface area contributed by atoms with Crippen molar-refractivity contribution in [2.24, 2.45) is 7.05 Å². The van der Waals surface area contributed by atoms with Gasteiger partial charge in [-0.25, -0.2) is 33.1 Å². The van der Waals surface area contributed by atoms with Gasteiger partial charge in [0, 0.05) is 39.1 Å². The summed E-state index contributed by atoms with van der Waals surface area (Å²) in [4.78, 5) is 45.4. The van der Waals surface area contributed by atoms with Gasteiger partial charge in [-0.15, -0.1) is 0 Å². The Bertz CT molecular complexity index is 1760. The largest absolute Gasteiger partial charge is 0.377 e. The quantitative estimate of drug-likeness (QED) is 0.317. The van der Waals surface area contributed by atoms with Gasteiger partial charge in [-0.2, -0.15) is 0 Å². The van der Waals surface area contributed by atoms with Gasteiger partial charge in [0.2, 0.25) is 16.0 Å². The molecule has 0 aliphatic carbocycles. The second kappa shape index (κ2) is 10.6. The Morgan fingerprint density at radius 1 is 1.13 bits per heavy atom. The number of carbonyl (C=O) groups is 1. The molecule has 0 radical (unpaired) electrons. The number of halogens is 1. The van der Waals surface area contributed by atoms with Crippen molar-refractivity contribution in [1.29, 1.82) is 0 Å². The molecule has 4 rings (SSSR count). The van der Waals surface area contributed by atoms with Gasteiger partial charge in [-0.1, -0.05) is 17.7 Å². The van der Waals surface area contributed by atoms with E-state index in [1.807, 2.05) is 38.7 Å². The number of hydrogen-bond acceptors (Lipinski definition) is 10. The van der Waals surface area contributed by atoms with Crippen molar-refractivity contribution in [3.8, 4) is 11.4 Å². The molecule has 0 unspecified atom stereocenters. The number of nitrogens with one attached hydrogen (secondary N) is 2. The summed E-state index contributed by atoms with van der Waals surface area (Å²) in [5, 5.41) is 3.63. The molecular weight excluding hydrogens is 544 g/mol. The minimum atomic E-state index is -3.83. The molecule has 0 fully saturated rings. The van der Waals surface area contributed by atoms with Crippen LogP contribution in [0, 0.1) is 6.92 Å². The zero-order valence-electron chi connectivity index (χ0n) is 22.1. The highest BCUT2D eigenvalue weighted by Gasteiger charge is 2.22. The molecule has 3 aromatic heterocycles. The second-order valence-electron chi connectivity index (χ2n) is 9.32. The number of rotatable bonds is 7. The predicted octanol–water partition coefficient (Wildman–Crippen LogP) is 2.68. The third kappa shape index (κ3) is 5.99. The SMILES string of the molecule is Cc1cc([C@@H](C)Nc2ccc(Cl)nc2C(=O)NS(C)(=O)=O)c2nc(-c3cnc(N(C)C)nc3)n(C)c(=O)c2c1. The lowest BCUT2D eigenvalue weighted by Gasteiger charge is -2.20. The maximum Gasteiger partial charge on any atom is 0.285 e. The maximum absolute atomic E-state index is 13.4. The Balaban J connectivity index is 1.82. The van der Waals surface area contributed by atoms with Gasteiger partial charge in [-0.05, 0) is 37.6 Å². The number of pyridine rings is 1. The summed E-state index contributed by atoms with van der Waals surface area (Å²) in [6, 6.07) is 6.18. The van der Waals surface area contributed by atoms with Crippen LogP contribution >= 0.6 is 11.6 Å². The van der Waals surface area contributed by atoms with E-state index in [2.05, 4.69) is 20.3 Å². The highest BCUT2D eigenvalue weighted by Crippen LogP contribution is 2.29. The first-order valence-corrected chi connectivity index (χ1v) is 14.0. The summed E-state index contributed by atoms with van der Waals surface area (Å²) < 4.78 is 26.6. The summed E-state index contributed by atoms with van der Waals surface area (Å²) in [7, 11) is 1.46. The van der Waals surface area contributed by atoms with E-state index in [1.54, 1.807) is 30.4 Å². The Morgan fingerprint density at radius 2 is 1.79 bits per heavy atom. The summed E-state index contributed by atoms with van der Waals surface area (Å²) >= 11 is 5.99. The molecule has 1 atom stereocenters. The number of aromatic nitrogens is 5. The highest BCUT2D eigenvalue weighted by atomic mass is 35.5. The third-order valence-electron chi connectivity index (χ3n) is 5.84. The van der Waals surface area contributed by atoms with Crippen molar-refractivity contribution >= 4 is 50.1 Å². The number of amides is 1. The minimum Gasteiger partial charge on any atom is -0.377 e. The molecule has 1 amide bonds. The fourth-order valence-electron chi connectivity index (χ4n) is 4.06. The standard InChI is InChI=1S/C25H27ClN8O4S/c1-13-9-16(14(2)29-18-7-8-19(26)30-21(18)23(35)32-39(6,37)38)20-17(10-13)24(36)34(5)22(31-20)15-11-27-25(28-12-15)33(3)4/h7-12,14,29H,1-6H3,(H,32,35)/t14-/m1/s1. The van der Waals surface area contributed by atoms with E-state index in [0.29, 0.717) is 33.8 Å². The molecule has 2 N–H and O–H groups in total. The van der Waals surface area contributed by atoms with E-state index in [0.717, 1.165) is 11.8 Å². The highest BCUT2D eigenvalue weighted by molar-refractivity contribution is 7.89. The van der Waals surface area contributed by atoms with Crippen LogP contribution in [0.15, 0.2) is 41.5 Å². The van der Waals surface area contributed by atoms with Crippen LogP contribution in [0.4, 0.5) is 11.6 Å². The first-order chi connectivity index (χ1) is 18.2. The van der Waals surface area contributed by atoms with E-state index < -0.39 is 22.0 Å². The van der Waals surface area contributed by atoms with E-state index >= 15 is 0 Å². The molecule has 0 spiro atoms. The summed E-state index contributed by atoms with van der Waals surface area (Å²) in [5.74, 6) is -0.0262. The van der Waals surface area contributed by atoms with Gasteiger partial charge in [0.15, 0.2) is 5.69 Å². The van der Waals surface area contributed by atoms with Crippen molar-refractivity contribution in [3.63, 3.8) is 0 Å². The van der Waals surface area contributed by atoms with Gasteiger partial charge in [0.05, 0.1) is 34.5 Å². The molecule has 1 aromatic carbocycles. The minimum absolute atomic E-state index is 0.0187. The van der Waals surface area contributed by atoms with Crippen molar-refractivity contribution in [1.82, 2.24) is 29.2 Å². The molecule has 204 valence electrons. The normalized spacial score (nSPS) is 12.3.